The van der Waals surface area contributed by atoms with Gasteiger partial charge < -0.3 is 11.1 Å². The number of nitrogens with two attached hydrogens (primary N) is 1. The molecule has 4 nitrogen and oxygen atoms in total. The van der Waals surface area contributed by atoms with E-state index in [0.717, 1.165) is 0 Å². The average Bonchev–Trinajstić information content (AvgIpc) is 2.37. The molecule has 0 aliphatic rings. The second kappa shape index (κ2) is 6.50. The minimum Gasteiger partial charge on any atom is -0.329 e. The zero-order valence-corrected chi connectivity index (χ0v) is 12.8. The molecule has 0 bridgehead atoms. The molecule has 0 aromatic carbocycles. The van der Waals surface area contributed by atoms with Crippen molar-refractivity contribution in [3.05, 3.63) is 21.9 Å². The fourth-order valence-corrected chi connectivity index (χ4v) is 2.16. The lowest BCUT2D eigenvalue weighted by Gasteiger charge is -2.28. The van der Waals surface area contributed by atoms with Crippen LogP contribution in [0.3, 0.4) is 0 Å². The zero-order valence-electron chi connectivity index (χ0n) is 10.5. The molecule has 0 atom stereocenters. The van der Waals surface area contributed by atoms with Crippen LogP contribution in [0.1, 0.15) is 26.7 Å². The maximum atomic E-state index is 12.3. The van der Waals surface area contributed by atoms with E-state index in [1.165, 1.54) is 6.20 Å². The molecule has 0 unspecified atom stereocenters. The third-order valence-corrected chi connectivity index (χ3v) is 4.41. The Morgan fingerprint density at radius 2 is 2.17 bits per heavy atom. The van der Waals surface area contributed by atoms with Crippen molar-refractivity contribution in [2.45, 2.75) is 26.7 Å². The van der Waals surface area contributed by atoms with Crippen molar-refractivity contribution in [2.75, 3.05) is 11.9 Å². The molecule has 1 aromatic heterocycles. The monoisotopic (exact) mass is 333 g/mol. The topological polar surface area (TPSA) is 68.0 Å². The smallest absolute Gasteiger partial charge is 0.231 e. The van der Waals surface area contributed by atoms with Crippen molar-refractivity contribution in [1.29, 1.82) is 0 Å². The van der Waals surface area contributed by atoms with Crippen LogP contribution in [-0.2, 0) is 4.79 Å². The molecule has 18 heavy (non-hydrogen) atoms. The van der Waals surface area contributed by atoms with E-state index in [-0.39, 0.29) is 5.91 Å². The van der Waals surface area contributed by atoms with Crippen molar-refractivity contribution >= 4 is 39.1 Å². The van der Waals surface area contributed by atoms with Crippen LogP contribution in [0.4, 0.5) is 5.69 Å². The Morgan fingerprint density at radius 1 is 1.56 bits per heavy atom. The van der Waals surface area contributed by atoms with Crippen molar-refractivity contribution in [2.24, 2.45) is 11.1 Å². The van der Waals surface area contributed by atoms with E-state index in [4.69, 9.17) is 17.3 Å². The first kappa shape index (κ1) is 15.4. The number of amides is 1. The van der Waals surface area contributed by atoms with E-state index < -0.39 is 5.41 Å². The molecule has 0 aliphatic carbocycles. The largest absolute Gasteiger partial charge is 0.329 e. The third kappa shape index (κ3) is 3.22. The lowest BCUT2D eigenvalue weighted by atomic mass is 9.81. The number of hydrogen-bond acceptors (Lipinski definition) is 3. The molecule has 1 heterocycles. The molecular formula is C12H17BrClN3O. The molecule has 0 saturated carbocycles. The van der Waals surface area contributed by atoms with Gasteiger partial charge in [-0.2, -0.15) is 0 Å². The summed E-state index contributed by atoms with van der Waals surface area (Å²) in [7, 11) is 0. The highest BCUT2D eigenvalue weighted by atomic mass is 79.9. The quantitative estimate of drug-likeness (QED) is 0.813. The van der Waals surface area contributed by atoms with Gasteiger partial charge in [0, 0.05) is 6.54 Å². The predicted octanol–water partition coefficient (Wildman–Crippen LogP) is 3.20. The Kier molecular flexibility index (Phi) is 5.56. The number of hydrogen-bond donors (Lipinski definition) is 2. The summed E-state index contributed by atoms with van der Waals surface area (Å²) < 4.78 is 0.647. The minimum absolute atomic E-state index is 0.0778. The fourth-order valence-electron chi connectivity index (χ4n) is 1.71. The van der Waals surface area contributed by atoms with E-state index >= 15 is 0 Å². The number of rotatable bonds is 5. The van der Waals surface area contributed by atoms with E-state index in [1.54, 1.807) is 6.07 Å². The van der Waals surface area contributed by atoms with Gasteiger partial charge in [-0.25, -0.2) is 4.98 Å². The van der Waals surface area contributed by atoms with Gasteiger partial charge in [-0.1, -0.05) is 25.4 Å². The van der Waals surface area contributed by atoms with Gasteiger partial charge in [0.2, 0.25) is 5.91 Å². The molecule has 0 aliphatic heterocycles. The van der Waals surface area contributed by atoms with Crippen LogP contribution in [-0.4, -0.2) is 17.4 Å². The van der Waals surface area contributed by atoms with E-state index in [1.807, 2.05) is 13.8 Å². The fraction of sp³-hybridized carbons (Fsp3) is 0.500. The second-order valence-electron chi connectivity index (χ2n) is 4.14. The van der Waals surface area contributed by atoms with Gasteiger partial charge in [-0.05, 0) is 34.8 Å². The summed E-state index contributed by atoms with van der Waals surface area (Å²) in [6, 6.07) is 1.72. The highest BCUT2D eigenvalue weighted by molar-refractivity contribution is 9.10. The lowest BCUT2D eigenvalue weighted by molar-refractivity contribution is -0.125. The van der Waals surface area contributed by atoms with Crippen molar-refractivity contribution < 1.29 is 4.79 Å². The number of carbonyl (C=O) groups excluding carboxylic acids is 1. The van der Waals surface area contributed by atoms with Gasteiger partial charge in [0.1, 0.15) is 5.15 Å². The SMILES string of the molecule is CCC(CC)(CN)C(=O)Nc1cnc(Cl)c(Br)c1. The van der Waals surface area contributed by atoms with E-state index in [0.29, 0.717) is 34.7 Å². The van der Waals surface area contributed by atoms with Crippen LogP contribution in [0.15, 0.2) is 16.7 Å². The Hall–Kier alpha value is -0.650. The van der Waals surface area contributed by atoms with Crippen molar-refractivity contribution in [3.63, 3.8) is 0 Å². The van der Waals surface area contributed by atoms with Crippen LogP contribution in [0.25, 0.3) is 0 Å². The van der Waals surface area contributed by atoms with Gasteiger partial charge in [0.25, 0.3) is 0 Å². The number of pyridine rings is 1. The molecule has 6 heteroatoms. The number of halogens is 2. The Morgan fingerprint density at radius 3 is 2.61 bits per heavy atom. The third-order valence-electron chi connectivity index (χ3n) is 3.28. The number of carbonyl (C=O) groups is 1. The lowest BCUT2D eigenvalue weighted by Crippen LogP contribution is -2.41. The van der Waals surface area contributed by atoms with Crippen molar-refractivity contribution in [1.82, 2.24) is 4.98 Å². The Balaban J connectivity index is 2.89. The van der Waals surface area contributed by atoms with Gasteiger partial charge in [-0.15, -0.1) is 0 Å². The van der Waals surface area contributed by atoms with Crippen LogP contribution < -0.4 is 11.1 Å². The molecule has 0 radical (unpaired) electrons. The molecule has 3 N–H and O–H groups in total. The summed E-state index contributed by atoms with van der Waals surface area (Å²) in [4.78, 5) is 16.2. The standard InChI is InChI=1S/C12H17BrClN3O/c1-3-12(4-2,7-15)11(18)17-8-5-9(13)10(14)16-6-8/h5-6H,3-4,7,15H2,1-2H3,(H,17,18). The first-order chi connectivity index (χ1) is 8.49. The molecular weight excluding hydrogens is 318 g/mol. The maximum Gasteiger partial charge on any atom is 0.231 e. The van der Waals surface area contributed by atoms with Crippen LogP contribution in [0, 0.1) is 5.41 Å². The van der Waals surface area contributed by atoms with Crippen LogP contribution in [0.5, 0.6) is 0 Å². The zero-order chi connectivity index (χ0) is 13.8. The minimum atomic E-state index is -0.522. The first-order valence-electron chi connectivity index (χ1n) is 5.81. The maximum absolute atomic E-state index is 12.3. The predicted molar refractivity (Wildman–Crippen MR) is 77.6 cm³/mol. The molecule has 1 aromatic rings. The summed E-state index contributed by atoms with van der Waals surface area (Å²) in [6.07, 6.45) is 2.93. The molecule has 0 saturated heterocycles. The number of nitrogens with zero attached hydrogens (tertiary/aromatic N) is 1. The average molecular weight is 335 g/mol. The molecule has 1 amide bonds. The highest BCUT2D eigenvalue weighted by Gasteiger charge is 2.33. The summed E-state index contributed by atoms with van der Waals surface area (Å²) >= 11 is 9.07. The molecule has 100 valence electrons. The Labute approximate surface area is 120 Å². The second-order valence-corrected chi connectivity index (χ2v) is 5.35. The number of anilines is 1. The first-order valence-corrected chi connectivity index (χ1v) is 6.98. The van der Waals surface area contributed by atoms with Gasteiger partial charge in [-0.3, -0.25) is 4.79 Å². The van der Waals surface area contributed by atoms with Crippen molar-refractivity contribution in [3.8, 4) is 0 Å². The summed E-state index contributed by atoms with van der Waals surface area (Å²) in [6.45, 7) is 4.26. The Bertz CT molecular complexity index is 427. The van der Waals surface area contributed by atoms with E-state index in [2.05, 4.69) is 26.2 Å². The summed E-state index contributed by atoms with van der Waals surface area (Å²) in [5.74, 6) is -0.0778. The number of nitrogens with one attached hydrogen (secondary N) is 1. The van der Waals surface area contributed by atoms with Gasteiger partial charge >= 0.3 is 0 Å². The molecule has 0 fully saturated rings. The molecule has 0 spiro atoms. The molecule has 1 rings (SSSR count). The normalized spacial score (nSPS) is 11.4. The van der Waals surface area contributed by atoms with Crippen LogP contribution in [0.2, 0.25) is 5.15 Å². The van der Waals surface area contributed by atoms with Gasteiger partial charge in [0.05, 0.1) is 21.8 Å². The van der Waals surface area contributed by atoms with Gasteiger partial charge in [0.15, 0.2) is 0 Å². The van der Waals surface area contributed by atoms with E-state index in [9.17, 15) is 4.79 Å². The highest BCUT2D eigenvalue weighted by Crippen LogP contribution is 2.28. The summed E-state index contributed by atoms with van der Waals surface area (Å²) in [5, 5.41) is 3.20. The summed E-state index contributed by atoms with van der Waals surface area (Å²) in [5.41, 5.74) is 5.82. The number of aromatic nitrogens is 1. The van der Waals surface area contributed by atoms with Crippen LogP contribution >= 0.6 is 27.5 Å².